The van der Waals surface area contributed by atoms with E-state index in [-0.39, 0.29) is 11.4 Å². The molecule has 0 bridgehead atoms. The second kappa shape index (κ2) is 8.57. The van der Waals surface area contributed by atoms with Crippen molar-refractivity contribution in [3.05, 3.63) is 74.1 Å². The second-order valence-electron chi connectivity index (χ2n) is 9.70. The van der Waals surface area contributed by atoms with Crippen molar-refractivity contribution < 1.29 is 13.5 Å². The molecule has 1 saturated carbocycles. The van der Waals surface area contributed by atoms with Crippen LogP contribution in [0.15, 0.2) is 52.1 Å². The molecule has 5 aromatic rings. The summed E-state index contributed by atoms with van der Waals surface area (Å²) in [5.74, 6) is 1.20. The van der Waals surface area contributed by atoms with E-state index < -0.39 is 17.9 Å². The Balaban J connectivity index is 1.45. The van der Waals surface area contributed by atoms with Gasteiger partial charge in [0.15, 0.2) is 5.65 Å². The molecule has 194 valence electrons. The zero-order valence-corrected chi connectivity index (χ0v) is 21.1. The topological polar surface area (TPSA) is 87.2 Å². The first-order valence-electron chi connectivity index (χ1n) is 12.3. The number of halogens is 2. The van der Waals surface area contributed by atoms with Gasteiger partial charge in [0, 0.05) is 19.0 Å². The third-order valence-electron chi connectivity index (χ3n) is 7.05. The third-order valence-corrected chi connectivity index (χ3v) is 8.25. The molecule has 0 saturated heterocycles. The molecule has 3 aromatic heterocycles. The van der Waals surface area contributed by atoms with Crippen LogP contribution in [0, 0.1) is 0 Å². The monoisotopic (exact) mass is 536 g/mol. The van der Waals surface area contributed by atoms with Crippen LogP contribution in [0.1, 0.15) is 29.6 Å². The van der Waals surface area contributed by atoms with Crippen molar-refractivity contribution >= 4 is 32.7 Å². The molecule has 7 rings (SSSR count). The maximum atomic E-state index is 14.0. The summed E-state index contributed by atoms with van der Waals surface area (Å²) in [5, 5.41) is 0.824. The fourth-order valence-corrected chi connectivity index (χ4v) is 6.15. The average molecular weight is 537 g/mol. The number of alkyl halides is 2. The van der Waals surface area contributed by atoms with Gasteiger partial charge in [-0.2, -0.15) is 8.78 Å². The number of rotatable bonds is 5. The van der Waals surface area contributed by atoms with E-state index in [0.717, 1.165) is 58.9 Å². The number of hydrogen-bond donors (Lipinski definition) is 0. The van der Waals surface area contributed by atoms with E-state index in [1.54, 1.807) is 6.07 Å². The number of ether oxygens (including phenoxy) is 1. The van der Waals surface area contributed by atoms with E-state index in [4.69, 9.17) is 4.98 Å². The number of likely N-dealkylation sites (N-methyl/N-ethyl adjacent to an activating group) is 1. The summed E-state index contributed by atoms with van der Waals surface area (Å²) >= 11 is 1.31. The normalized spacial score (nSPS) is 16.0. The number of thiazole rings is 1. The quantitative estimate of drug-likeness (QED) is 0.339. The summed E-state index contributed by atoms with van der Waals surface area (Å²) in [6.45, 7) is -0.603. The molecule has 1 fully saturated rings. The van der Waals surface area contributed by atoms with Crippen molar-refractivity contribution in [2.75, 3.05) is 13.6 Å². The van der Waals surface area contributed by atoms with E-state index >= 15 is 0 Å². The fraction of sp³-hybridized carbons (Fsp3) is 0.308. The van der Waals surface area contributed by atoms with Crippen LogP contribution in [-0.4, -0.2) is 48.8 Å². The van der Waals surface area contributed by atoms with Crippen LogP contribution in [0.3, 0.4) is 0 Å². The molecule has 38 heavy (non-hydrogen) atoms. The summed E-state index contributed by atoms with van der Waals surface area (Å²) in [6.07, 6.45) is 1.99. The predicted octanol–water partition coefficient (Wildman–Crippen LogP) is 3.87. The SMILES string of the molecule is CN1CCn2c(nc3ccc(-n4c(=O)c5sc(C6CC6)nc5n(-c5ccc(OC(F)F)cc5)c4=O)cc32)C1. The Kier molecular flexibility index (Phi) is 5.24. The summed E-state index contributed by atoms with van der Waals surface area (Å²) < 4.78 is 34.8. The Morgan fingerprint density at radius 3 is 2.50 bits per heavy atom. The van der Waals surface area contributed by atoms with Gasteiger partial charge >= 0.3 is 12.3 Å². The van der Waals surface area contributed by atoms with Gasteiger partial charge in [-0.1, -0.05) is 0 Å². The van der Waals surface area contributed by atoms with Gasteiger partial charge in [-0.15, -0.1) is 11.3 Å². The number of aromatic nitrogens is 5. The molecule has 0 spiro atoms. The van der Waals surface area contributed by atoms with Crippen molar-refractivity contribution in [2.24, 2.45) is 0 Å². The number of fused-ring (bicyclic) bond motifs is 4. The van der Waals surface area contributed by atoms with Crippen molar-refractivity contribution in [1.82, 2.24) is 28.6 Å². The molecule has 0 radical (unpaired) electrons. The Bertz CT molecular complexity index is 1830. The highest BCUT2D eigenvalue weighted by molar-refractivity contribution is 7.18. The first-order chi connectivity index (χ1) is 18.4. The van der Waals surface area contributed by atoms with E-state index in [0.29, 0.717) is 22.0 Å². The number of nitrogens with zero attached hydrogens (tertiary/aromatic N) is 6. The minimum absolute atomic E-state index is 0.0279. The molecule has 2 aliphatic rings. The maximum Gasteiger partial charge on any atom is 0.387 e. The van der Waals surface area contributed by atoms with Gasteiger partial charge in [0.1, 0.15) is 16.3 Å². The largest absolute Gasteiger partial charge is 0.435 e. The average Bonchev–Trinajstić information content (AvgIpc) is 3.54. The van der Waals surface area contributed by atoms with Crippen LogP contribution in [-0.2, 0) is 13.1 Å². The molecular formula is C26H22F2N6O3S. The highest BCUT2D eigenvalue weighted by Crippen LogP contribution is 2.42. The minimum Gasteiger partial charge on any atom is -0.435 e. The fourth-order valence-electron chi connectivity index (χ4n) is 5.00. The number of hydrogen-bond acceptors (Lipinski definition) is 7. The summed E-state index contributed by atoms with van der Waals surface area (Å²) in [6, 6.07) is 11.1. The molecule has 0 amide bonds. The smallest absolute Gasteiger partial charge is 0.387 e. The number of benzene rings is 2. The zero-order chi connectivity index (χ0) is 26.1. The third kappa shape index (κ3) is 3.74. The van der Waals surface area contributed by atoms with Gasteiger partial charge in [0.2, 0.25) is 0 Å². The van der Waals surface area contributed by atoms with E-state index in [1.165, 1.54) is 40.2 Å². The van der Waals surface area contributed by atoms with Crippen LogP contribution in [0.2, 0.25) is 0 Å². The molecule has 0 unspecified atom stereocenters. The lowest BCUT2D eigenvalue weighted by Crippen LogP contribution is -2.38. The van der Waals surface area contributed by atoms with Gasteiger partial charge in [-0.3, -0.25) is 9.69 Å². The lowest BCUT2D eigenvalue weighted by atomic mass is 10.2. The zero-order valence-electron chi connectivity index (χ0n) is 20.3. The van der Waals surface area contributed by atoms with Gasteiger partial charge in [-0.25, -0.2) is 23.9 Å². The second-order valence-corrected chi connectivity index (χ2v) is 10.7. The van der Waals surface area contributed by atoms with Crippen LogP contribution in [0.25, 0.3) is 32.8 Å². The van der Waals surface area contributed by atoms with Crippen LogP contribution in [0.5, 0.6) is 5.75 Å². The molecule has 12 heteroatoms. The lowest BCUT2D eigenvalue weighted by Gasteiger charge is -2.23. The van der Waals surface area contributed by atoms with Crippen molar-refractivity contribution in [2.45, 2.75) is 38.5 Å². The van der Waals surface area contributed by atoms with Gasteiger partial charge < -0.3 is 9.30 Å². The molecule has 0 atom stereocenters. The molecule has 4 heterocycles. The molecule has 0 N–H and O–H groups in total. The Hall–Kier alpha value is -3.90. The summed E-state index contributed by atoms with van der Waals surface area (Å²) in [7, 11) is 2.04. The van der Waals surface area contributed by atoms with Gasteiger partial charge in [0.25, 0.3) is 5.56 Å². The van der Waals surface area contributed by atoms with E-state index in [1.807, 2.05) is 19.2 Å². The van der Waals surface area contributed by atoms with Crippen LogP contribution < -0.4 is 16.0 Å². The Morgan fingerprint density at radius 1 is 1.00 bits per heavy atom. The summed E-state index contributed by atoms with van der Waals surface area (Å²) in [4.78, 5) is 39.3. The Morgan fingerprint density at radius 2 is 1.76 bits per heavy atom. The van der Waals surface area contributed by atoms with Crippen LogP contribution in [0.4, 0.5) is 8.78 Å². The van der Waals surface area contributed by atoms with Crippen molar-refractivity contribution in [3.63, 3.8) is 0 Å². The highest BCUT2D eigenvalue weighted by atomic mass is 32.1. The molecule has 2 aromatic carbocycles. The van der Waals surface area contributed by atoms with Crippen molar-refractivity contribution in [3.8, 4) is 17.1 Å². The van der Waals surface area contributed by atoms with Gasteiger partial charge in [-0.05, 0) is 62.4 Å². The van der Waals surface area contributed by atoms with E-state index in [2.05, 4.69) is 19.2 Å². The predicted molar refractivity (Wildman–Crippen MR) is 139 cm³/mol. The Labute approximate surface area is 218 Å². The first kappa shape index (κ1) is 23.2. The van der Waals surface area contributed by atoms with Gasteiger partial charge in [0.05, 0.1) is 34.0 Å². The standard InChI is InChI=1S/C26H22F2N6O3S/c1-31-10-11-32-19-12-16(6-9-18(19)29-20(32)13-31)34-24(35)21-22(30-23(38-21)14-2-3-14)33(26(34)36)15-4-7-17(8-5-15)37-25(27)28/h4-9,12,14,25H,2-3,10-11,13H2,1H3. The first-order valence-corrected chi connectivity index (χ1v) is 13.1. The molecule has 1 aliphatic carbocycles. The molecular weight excluding hydrogens is 514 g/mol. The molecule has 1 aliphatic heterocycles. The summed E-state index contributed by atoms with van der Waals surface area (Å²) in [5.41, 5.74) is 1.75. The molecule has 9 nitrogen and oxygen atoms in total. The lowest BCUT2D eigenvalue weighted by molar-refractivity contribution is -0.0498. The maximum absolute atomic E-state index is 14.0. The van der Waals surface area contributed by atoms with E-state index in [9.17, 15) is 18.4 Å². The number of imidazole rings is 1. The van der Waals surface area contributed by atoms with Crippen LogP contribution >= 0.6 is 11.3 Å². The highest BCUT2D eigenvalue weighted by Gasteiger charge is 2.30. The van der Waals surface area contributed by atoms with Crippen molar-refractivity contribution in [1.29, 1.82) is 0 Å². The minimum atomic E-state index is -2.96.